The Balaban J connectivity index is 2.14. The van der Waals surface area contributed by atoms with Crippen LogP contribution in [0, 0.1) is 0 Å². The molecule has 3 nitrogen and oxygen atoms in total. The third-order valence-corrected chi connectivity index (χ3v) is 2.70. The molecule has 2 rings (SSSR count). The Morgan fingerprint density at radius 3 is 3.00 bits per heavy atom. The van der Waals surface area contributed by atoms with Crippen molar-refractivity contribution in [3.05, 3.63) is 36.4 Å². The van der Waals surface area contributed by atoms with Gasteiger partial charge in [-0.05, 0) is 29.7 Å². The summed E-state index contributed by atoms with van der Waals surface area (Å²) in [6.45, 7) is 5.76. The molecule has 1 aromatic rings. The number of fused-ring (bicyclic) bond motifs is 1. The van der Waals surface area contributed by atoms with Crippen molar-refractivity contribution in [2.75, 3.05) is 6.79 Å². The van der Waals surface area contributed by atoms with Crippen LogP contribution in [-0.2, 0) is 4.79 Å². The van der Waals surface area contributed by atoms with Crippen LogP contribution in [0.5, 0.6) is 11.5 Å². The summed E-state index contributed by atoms with van der Waals surface area (Å²) in [5.74, 6) is 1.76. The van der Waals surface area contributed by atoms with Crippen LogP contribution in [-0.4, -0.2) is 12.6 Å². The minimum Gasteiger partial charge on any atom is -0.454 e. The summed E-state index contributed by atoms with van der Waals surface area (Å²) in [4.78, 5) is 11.3. The highest BCUT2D eigenvalue weighted by atomic mass is 16.7. The van der Waals surface area contributed by atoms with Gasteiger partial charge >= 0.3 is 0 Å². The fourth-order valence-corrected chi connectivity index (χ4v) is 1.72. The van der Waals surface area contributed by atoms with Crippen molar-refractivity contribution in [1.82, 2.24) is 0 Å². The van der Waals surface area contributed by atoms with Crippen LogP contribution < -0.4 is 9.47 Å². The Bertz CT molecular complexity index is 423. The van der Waals surface area contributed by atoms with Crippen LogP contribution >= 0.6 is 0 Å². The highest BCUT2D eigenvalue weighted by molar-refractivity contribution is 5.89. The first kappa shape index (κ1) is 10.7. The highest BCUT2D eigenvalue weighted by Crippen LogP contribution is 2.35. The van der Waals surface area contributed by atoms with E-state index in [0.29, 0.717) is 6.42 Å². The van der Waals surface area contributed by atoms with E-state index in [1.165, 1.54) is 6.08 Å². The van der Waals surface area contributed by atoms with E-state index in [1.807, 2.05) is 25.1 Å². The molecule has 0 spiro atoms. The molecule has 3 heteroatoms. The van der Waals surface area contributed by atoms with Crippen molar-refractivity contribution in [1.29, 1.82) is 0 Å². The van der Waals surface area contributed by atoms with Gasteiger partial charge in [-0.3, -0.25) is 4.79 Å². The smallest absolute Gasteiger partial charge is 0.231 e. The maximum Gasteiger partial charge on any atom is 0.231 e. The van der Waals surface area contributed by atoms with Gasteiger partial charge in [0.2, 0.25) is 6.79 Å². The molecule has 16 heavy (non-hydrogen) atoms. The molecule has 0 saturated carbocycles. The zero-order valence-corrected chi connectivity index (χ0v) is 9.23. The first-order valence-electron chi connectivity index (χ1n) is 5.25. The lowest BCUT2D eigenvalue weighted by Gasteiger charge is -2.10. The van der Waals surface area contributed by atoms with Gasteiger partial charge in [-0.15, -0.1) is 0 Å². The van der Waals surface area contributed by atoms with Gasteiger partial charge in [-0.25, -0.2) is 0 Å². The van der Waals surface area contributed by atoms with E-state index in [-0.39, 0.29) is 18.5 Å². The van der Waals surface area contributed by atoms with Gasteiger partial charge in [0.25, 0.3) is 0 Å². The molecule has 0 saturated heterocycles. The summed E-state index contributed by atoms with van der Waals surface area (Å²) in [6.07, 6.45) is 1.84. The number of carbonyl (C=O) groups is 1. The highest BCUT2D eigenvalue weighted by Gasteiger charge is 2.16. The molecular formula is C13H14O3. The van der Waals surface area contributed by atoms with Crippen LogP contribution in [0.2, 0.25) is 0 Å². The van der Waals surface area contributed by atoms with E-state index < -0.39 is 0 Å². The van der Waals surface area contributed by atoms with Crippen molar-refractivity contribution in [2.45, 2.75) is 19.3 Å². The predicted molar refractivity (Wildman–Crippen MR) is 60.8 cm³/mol. The Hall–Kier alpha value is -1.77. The maximum atomic E-state index is 11.3. The first-order chi connectivity index (χ1) is 7.70. The maximum absolute atomic E-state index is 11.3. The van der Waals surface area contributed by atoms with Gasteiger partial charge in [0, 0.05) is 6.42 Å². The molecule has 1 aromatic carbocycles. The van der Waals surface area contributed by atoms with Gasteiger partial charge < -0.3 is 9.47 Å². The molecule has 0 bridgehead atoms. The minimum absolute atomic E-state index is 0.0603. The normalized spacial score (nSPS) is 14.6. The van der Waals surface area contributed by atoms with Crippen LogP contribution in [0.1, 0.15) is 24.8 Å². The molecule has 0 fully saturated rings. The number of carbonyl (C=O) groups excluding carboxylic acids is 1. The van der Waals surface area contributed by atoms with Crippen molar-refractivity contribution in [3.63, 3.8) is 0 Å². The van der Waals surface area contributed by atoms with Gasteiger partial charge in [0.05, 0.1) is 0 Å². The Labute approximate surface area is 94.7 Å². The van der Waals surface area contributed by atoms with Crippen molar-refractivity contribution in [2.24, 2.45) is 0 Å². The lowest BCUT2D eigenvalue weighted by molar-refractivity contribution is -0.114. The molecule has 84 valence electrons. The zero-order chi connectivity index (χ0) is 11.5. The Kier molecular flexibility index (Phi) is 2.95. The lowest BCUT2D eigenvalue weighted by Crippen LogP contribution is -2.01. The predicted octanol–water partition coefficient (Wildman–Crippen LogP) is 2.66. The number of hydrogen-bond donors (Lipinski definition) is 0. The number of rotatable bonds is 4. The summed E-state index contributed by atoms with van der Waals surface area (Å²) >= 11 is 0. The molecule has 1 aliphatic heterocycles. The summed E-state index contributed by atoms with van der Waals surface area (Å²) in [6, 6.07) is 5.78. The van der Waals surface area contributed by atoms with Crippen LogP contribution in [0.25, 0.3) is 0 Å². The van der Waals surface area contributed by atoms with Crippen molar-refractivity contribution < 1.29 is 14.3 Å². The number of benzene rings is 1. The van der Waals surface area contributed by atoms with Crippen LogP contribution in [0.3, 0.4) is 0 Å². The minimum atomic E-state index is 0.0603. The number of ether oxygens (including phenoxy) is 2. The average Bonchev–Trinajstić information content (AvgIpc) is 2.75. The molecular weight excluding hydrogens is 204 g/mol. The third-order valence-electron chi connectivity index (χ3n) is 2.70. The Morgan fingerprint density at radius 1 is 1.50 bits per heavy atom. The van der Waals surface area contributed by atoms with E-state index in [0.717, 1.165) is 17.1 Å². The molecule has 1 atom stereocenters. The summed E-state index contributed by atoms with van der Waals surface area (Å²) < 4.78 is 10.5. The molecule has 0 N–H and O–H groups in total. The van der Waals surface area contributed by atoms with Gasteiger partial charge in [-0.2, -0.15) is 0 Å². The van der Waals surface area contributed by atoms with Gasteiger partial charge in [0.15, 0.2) is 17.3 Å². The van der Waals surface area contributed by atoms with E-state index in [9.17, 15) is 4.79 Å². The second-order valence-electron chi connectivity index (χ2n) is 3.89. The molecule has 1 aliphatic rings. The first-order valence-corrected chi connectivity index (χ1v) is 5.25. The average molecular weight is 218 g/mol. The van der Waals surface area contributed by atoms with Crippen molar-refractivity contribution >= 4 is 5.78 Å². The lowest BCUT2D eigenvalue weighted by atomic mass is 9.95. The van der Waals surface area contributed by atoms with Crippen molar-refractivity contribution in [3.8, 4) is 11.5 Å². The molecule has 0 aliphatic carbocycles. The van der Waals surface area contributed by atoms with E-state index >= 15 is 0 Å². The largest absolute Gasteiger partial charge is 0.454 e. The van der Waals surface area contributed by atoms with E-state index in [1.54, 1.807) is 0 Å². The Morgan fingerprint density at radius 2 is 2.25 bits per heavy atom. The van der Waals surface area contributed by atoms with Crippen LogP contribution in [0.15, 0.2) is 30.9 Å². The number of hydrogen-bond acceptors (Lipinski definition) is 3. The SMILES string of the molecule is C=CC(=O)CC(C)c1ccc2c(c1)OCO2. The van der Waals surface area contributed by atoms with E-state index in [2.05, 4.69) is 6.58 Å². The second kappa shape index (κ2) is 4.39. The summed E-state index contributed by atoms with van der Waals surface area (Å²) in [7, 11) is 0. The third kappa shape index (κ3) is 2.08. The topological polar surface area (TPSA) is 35.5 Å². The number of allylic oxidation sites excluding steroid dienone is 1. The molecule has 0 aromatic heterocycles. The molecule has 1 heterocycles. The second-order valence-corrected chi connectivity index (χ2v) is 3.89. The zero-order valence-electron chi connectivity index (χ0n) is 9.23. The molecule has 0 radical (unpaired) electrons. The standard InChI is InChI=1S/C13H14O3/c1-3-11(14)6-9(2)10-4-5-12-13(7-10)16-8-15-12/h3-5,7,9H,1,6,8H2,2H3. The summed E-state index contributed by atoms with van der Waals surface area (Å²) in [5, 5.41) is 0. The monoisotopic (exact) mass is 218 g/mol. The quantitative estimate of drug-likeness (QED) is 0.729. The number of ketones is 1. The van der Waals surface area contributed by atoms with Gasteiger partial charge in [-0.1, -0.05) is 19.6 Å². The van der Waals surface area contributed by atoms with Gasteiger partial charge in [0.1, 0.15) is 0 Å². The molecule has 0 amide bonds. The summed E-state index contributed by atoms with van der Waals surface area (Å²) in [5.41, 5.74) is 1.08. The van der Waals surface area contributed by atoms with Crippen LogP contribution in [0.4, 0.5) is 0 Å². The molecule has 1 unspecified atom stereocenters. The fourth-order valence-electron chi connectivity index (χ4n) is 1.72. The fraction of sp³-hybridized carbons (Fsp3) is 0.308. The van der Waals surface area contributed by atoms with E-state index in [4.69, 9.17) is 9.47 Å².